The van der Waals surface area contributed by atoms with Gasteiger partial charge in [-0.2, -0.15) is 0 Å². The molecule has 0 saturated carbocycles. The van der Waals surface area contributed by atoms with E-state index in [1.54, 1.807) is 42.5 Å². The van der Waals surface area contributed by atoms with E-state index in [4.69, 9.17) is 14.2 Å². The van der Waals surface area contributed by atoms with Gasteiger partial charge < -0.3 is 14.2 Å². The summed E-state index contributed by atoms with van der Waals surface area (Å²) in [5.74, 6) is 0.597. The lowest BCUT2D eigenvalue weighted by Gasteiger charge is -2.14. The van der Waals surface area contributed by atoms with Crippen molar-refractivity contribution in [2.75, 3.05) is 14.2 Å². The minimum Gasteiger partial charge on any atom is -0.493 e. The minimum absolute atomic E-state index is 0.249. The monoisotopic (exact) mass is 284 g/mol. The predicted molar refractivity (Wildman–Crippen MR) is 81.0 cm³/mol. The zero-order chi connectivity index (χ0) is 15.2. The second-order valence-electron chi connectivity index (χ2n) is 4.21. The molecule has 0 spiro atoms. The molecule has 0 aromatic heterocycles. The third-order valence-electron chi connectivity index (χ3n) is 2.92. The molecule has 2 aromatic carbocycles. The molecule has 0 saturated heterocycles. The molecule has 4 heteroatoms. The van der Waals surface area contributed by atoms with Crippen molar-refractivity contribution < 1.29 is 19.0 Å². The van der Waals surface area contributed by atoms with Gasteiger partial charge in [0.25, 0.3) is 0 Å². The highest BCUT2D eigenvalue weighted by atomic mass is 16.6. The van der Waals surface area contributed by atoms with Gasteiger partial charge in [-0.15, -0.1) is 0 Å². The second-order valence-corrected chi connectivity index (χ2v) is 4.21. The van der Waals surface area contributed by atoms with E-state index in [9.17, 15) is 4.79 Å². The molecule has 0 atom stereocenters. The van der Waals surface area contributed by atoms with Gasteiger partial charge in [-0.3, -0.25) is 0 Å². The van der Waals surface area contributed by atoms with Gasteiger partial charge in [0.05, 0.1) is 19.8 Å². The third kappa shape index (κ3) is 3.23. The highest BCUT2D eigenvalue weighted by molar-refractivity contribution is 5.91. The molecule has 21 heavy (non-hydrogen) atoms. The van der Waals surface area contributed by atoms with Gasteiger partial charge in [0.2, 0.25) is 5.75 Å². The molecule has 0 bridgehead atoms. The van der Waals surface area contributed by atoms with Gasteiger partial charge in [0.1, 0.15) is 0 Å². The van der Waals surface area contributed by atoms with Crippen molar-refractivity contribution in [2.45, 2.75) is 0 Å². The van der Waals surface area contributed by atoms with Gasteiger partial charge in [-0.25, -0.2) is 4.79 Å². The van der Waals surface area contributed by atoms with E-state index in [-0.39, 0.29) is 5.75 Å². The van der Waals surface area contributed by atoms with Gasteiger partial charge in [0.15, 0.2) is 11.5 Å². The molecule has 2 aromatic rings. The summed E-state index contributed by atoms with van der Waals surface area (Å²) in [5, 5.41) is 0. The lowest BCUT2D eigenvalue weighted by Crippen LogP contribution is -2.10. The van der Waals surface area contributed by atoms with Crippen LogP contribution in [-0.2, 0) is 0 Å². The fourth-order valence-corrected chi connectivity index (χ4v) is 1.84. The van der Waals surface area contributed by atoms with E-state index in [1.807, 2.05) is 6.07 Å². The number of hydrogen-bond donors (Lipinski definition) is 0. The van der Waals surface area contributed by atoms with Crippen molar-refractivity contribution >= 4 is 12.0 Å². The summed E-state index contributed by atoms with van der Waals surface area (Å²) < 4.78 is 15.9. The number of esters is 1. The Morgan fingerprint density at radius 3 is 2.10 bits per heavy atom. The Morgan fingerprint density at radius 2 is 1.62 bits per heavy atom. The third-order valence-corrected chi connectivity index (χ3v) is 2.92. The Labute approximate surface area is 123 Å². The lowest BCUT2D eigenvalue weighted by atomic mass is 10.1. The molecule has 0 radical (unpaired) electrons. The van der Waals surface area contributed by atoms with Crippen LogP contribution in [0, 0.1) is 0 Å². The van der Waals surface area contributed by atoms with E-state index in [1.165, 1.54) is 14.2 Å². The zero-order valence-electron chi connectivity index (χ0n) is 12.0. The average Bonchev–Trinajstić information content (AvgIpc) is 2.55. The first-order valence-corrected chi connectivity index (χ1v) is 6.35. The quantitative estimate of drug-likeness (QED) is 0.622. The maximum absolute atomic E-state index is 12.2. The number of rotatable bonds is 5. The van der Waals surface area contributed by atoms with Crippen LogP contribution in [0.2, 0.25) is 0 Å². The summed E-state index contributed by atoms with van der Waals surface area (Å²) in [6.45, 7) is 3.70. The van der Waals surface area contributed by atoms with Crippen LogP contribution in [0.15, 0.2) is 49.0 Å². The normalized spacial score (nSPS) is 9.81. The summed E-state index contributed by atoms with van der Waals surface area (Å²) in [5.41, 5.74) is 1.26. The van der Waals surface area contributed by atoms with Gasteiger partial charge >= 0.3 is 5.97 Å². The van der Waals surface area contributed by atoms with Crippen LogP contribution in [0.5, 0.6) is 17.2 Å². The summed E-state index contributed by atoms with van der Waals surface area (Å²) in [4.78, 5) is 12.2. The van der Waals surface area contributed by atoms with Crippen LogP contribution in [0.1, 0.15) is 15.9 Å². The van der Waals surface area contributed by atoms with Crippen LogP contribution in [0.25, 0.3) is 6.08 Å². The Bertz CT molecular complexity index is 622. The Kier molecular flexibility index (Phi) is 4.61. The molecule has 0 fully saturated rings. The molecule has 2 rings (SSSR count). The van der Waals surface area contributed by atoms with Crippen molar-refractivity contribution in [2.24, 2.45) is 0 Å². The number of hydrogen-bond acceptors (Lipinski definition) is 4. The first-order chi connectivity index (χ1) is 10.2. The molecule has 4 nitrogen and oxygen atoms in total. The van der Waals surface area contributed by atoms with Gasteiger partial charge in [0, 0.05) is 0 Å². The molecule has 0 aliphatic carbocycles. The fourth-order valence-electron chi connectivity index (χ4n) is 1.84. The molecule has 0 aliphatic heterocycles. The minimum atomic E-state index is -0.474. The van der Waals surface area contributed by atoms with Gasteiger partial charge in [-0.05, 0) is 29.8 Å². The van der Waals surface area contributed by atoms with E-state index < -0.39 is 5.97 Å². The molecule has 0 unspecified atom stereocenters. The Hall–Kier alpha value is -2.75. The number of benzene rings is 2. The summed E-state index contributed by atoms with van der Waals surface area (Å²) in [6.07, 6.45) is 1.66. The molecular weight excluding hydrogens is 268 g/mol. The van der Waals surface area contributed by atoms with E-state index in [0.717, 1.165) is 5.56 Å². The largest absolute Gasteiger partial charge is 0.493 e. The van der Waals surface area contributed by atoms with Crippen molar-refractivity contribution in [3.05, 3.63) is 60.2 Å². The number of carbonyl (C=O) groups is 1. The smallest absolute Gasteiger partial charge is 0.343 e. The first kappa shape index (κ1) is 14.7. The van der Waals surface area contributed by atoms with E-state index >= 15 is 0 Å². The van der Waals surface area contributed by atoms with E-state index in [2.05, 4.69) is 6.58 Å². The first-order valence-electron chi connectivity index (χ1n) is 6.35. The van der Waals surface area contributed by atoms with Crippen molar-refractivity contribution in [1.29, 1.82) is 0 Å². The van der Waals surface area contributed by atoms with Crippen LogP contribution >= 0.6 is 0 Å². The van der Waals surface area contributed by atoms with Crippen LogP contribution in [-0.4, -0.2) is 20.2 Å². The average molecular weight is 284 g/mol. The summed E-state index contributed by atoms with van der Waals surface area (Å²) >= 11 is 0. The predicted octanol–water partition coefficient (Wildman–Crippen LogP) is 3.57. The SMILES string of the molecule is C=Cc1cc(OC)c(OC(=O)c2ccccc2)c(OC)c1. The molecule has 0 heterocycles. The van der Waals surface area contributed by atoms with Gasteiger partial charge in [-0.1, -0.05) is 30.9 Å². The number of ether oxygens (including phenoxy) is 3. The van der Waals surface area contributed by atoms with E-state index in [0.29, 0.717) is 17.1 Å². The standard InChI is InChI=1S/C17H16O4/c1-4-12-10-14(19-2)16(15(11-12)20-3)21-17(18)13-8-6-5-7-9-13/h4-11H,1H2,2-3H3. The summed E-state index contributed by atoms with van der Waals surface area (Å²) in [7, 11) is 3.00. The molecule has 0 N–H and O–H groups in total. The van der Waals surface area contributed by atoms with Crippen LogP contribution in [0.3, 0.4) is 0 Å². The van der Waals surface area contributed by atoms with Crippen molar-refractivity contribution in [3.63, 3.8) is 0 Å². The topological polar surface area (TPSA) is 44.8 Å². The maximum atomic E-state index is 12.2. The zero-order valence-corrected chi connectivity index (χ0v) is 12.0. The molecule has 108 valence electrons. The summed E-state index contributed by atoms with van der Waals surface area (Å²) in [6, 6.07) is 12.2. The van der Waals surface area contributed by atoms with Crippen molar-refractivity contribution in [1.82, 2.24) is 0 Å². The maximum Gasteiger partial charge on any atom is 0.343 e. The highest BCUT2D eigenvalue weighted by Gasteiger charge is 2.18. The van der Waals surface area contributed by atoms with Crippen LogP contribution < -0.4 is 14.2 Å². The number of methoxy groups -OCH3 is 2. The fraction of sp³-hybridized carbons (Fsp3) is 0.118. The Balaban J connectivity index is 2.39. The van der Waals surface area contributed by atoms with Crippen LogP contribution in [0.4, 0.5) is 0 Å². The molecule has 0 amide bonds. The number of carbonyl (C=O) groups excluding carboxylic acids is 1. The lowest BCUT2D eigenvalue weighted by molar-refractivity contribution is 0.0724. The Morgan fingerprint density at radius 1 is 1.05 bits per heavy atom. The highest BCUT2D eigenvalue weighted by Crippen LogP contribution is 2.39. The molecular formula is C17H16O4. The van der Waals surface area contributed by atoms with Crippen molar-refractivity contribution in [3.8, 4) is 17.2 Å². The molecule has 0 aliphatic rings. The second kappa shape index (κ2) is 6.61.